The van der Waals surface area contributed by atoms with Crippen molar-refractivity contribution in [1.29, 1.82) is 0 Å². The third kappa shape index (κ3) is 3.82. The Morgan fingerprint density at radius 2 is 1.97 bits per heavy atom. The summed E-state index contributed by atoms with van der Waals surface area (Å²) in [6.07, 6.45) is 14.2. The lowest BCUT2D eigenvalue weighted by molar-refractivity contribution is 0.195. The van der Waals surface area contributed by atoms with Crippen LogP contribution in [0.2, 0.25) is 0 Å². The number of hydrogen-bond acceptors (Lipinski definition) is 6. The molecule has 3 fully saturated rings. The van der Waals surface area contributed by atoms with Gasteiger partial charge in [0.05, 0.1) is 18.8 Å². The Morgan fingerprint density at radius 3 is 2.74 bits per heavy atom. The second-order valence-corrected chi connectivity index (χ2v) is 9.17. The molecule has 31 heavy (non-hydrogen) atoms. The van der Waals surface area contributed by atoms with E-state index in [1.807, 2.05) is 24.3 Å². The van der Waals surface area contributed by atoms with E-state index in [2.05, 4.69) is 19.5 Å². The molecule has 3 aliphatic rings. The van der Waals surface area contributed by atoms with Crippen molar-refractivity contribution in [3.8, 4) is 23.0 Å². The molecule has 6 rings (SSSR count). The zero-order valence-electron chi connectivity index (χ0n) is 17.7. The fourth-order valence-corrected chi connectivity index (χ4v) is 5.56. The highest BCUT2D eigenvalue weighted by molar-refractivity contribution is 5.55. The van der Waals surface area contributed by atoms with Crippen LogP contribution in [-0.4, -0.2) is 42.2 Å². The normalized spacial score (nSPS) is 23.6. The number of fused-ring (bicyclic) bond motifs is 2. The maximum atomic E-state index is 5.87. The molecule has 1 saturated heterocycles. The molecule has 4 heterocycles. The van der Waals surface area contributed by atoms with E-state index in [-0.39, 0.29) is 0 Å². The van der Waals surface area contributed by atoms with Gasteiger partial charge < -0.3 is 4.74 Å². The van der Waals surface area contributed by atoms with Gasteiger partial charge in [-0.3, -0.25) is 9.88 Å². The molecule has 160 valence electrons. The summed E-state index contributed by atoms with van der Waals surface area (Å²) in [4.78, 5) is 16.1. The Labute approximate surface area is 182 Å². The lowest BCUT2D eigenvalue weighted by Crippen LogP contribution is -2.33. The first-order valence-electron chi connectivity index (χ1n) is 11.6. The second kappa shape index (κ2) is 8.04. The minimum absolute atomic E-state index is 0.476. The predicted molar refractivity (Wildman–Crippen MR) is 117 cm³/mol. The van der Waals surface area contributed by atoms with E-state index in [9.17, 15) is 0 Å². The maximum Gasteiger partial charge on any atom is 0.219 e. The van der Waals surface area contributed by atoms with Crippen LogP contribution in [0, 0.1) is 5.92 Å². The van der Waals surface area contributed by atoms with Crippen molar-refractivity contribution in [3.63, 3.8) is 0 Å². The van der Waals surface area contributed by atoms with Gasteiger partial charge in [-0.2, -0.15) is 5.10 Å². The molecule has 7 heteroatoms. The molecule has 0 radical (unpaired) electrons. The summed E-state index contributed by atoms with van der Waals surface area (Å²) >= 11 is 0. The molecule has 7 nitrogen and oxygen atoms in total. The molecular formula is C24H28N6O. The number of aromatic nitrogens is 5. The summed E-state index contributed by atoms with van der Waals surface area (Å²) in [7, 11) is 0. The molecule has 1 aliphatic heterocycles. The van der Waals surface area contributed by atoms with Crippen LogP contribution in [0.4, 0.5) is 0 Å². The Hall–Kier alpha value is -2.80. The summed E-state index contributed by atoms with van der Waals surface area (Å²) in [6, 6.07) is 8.82. The topological polar surface area (TPSA) is 69.0 Å². The van der Waals surface area contributed by atoms with Gasteiger partial charge in [0.2, 0.25) is 5.88 Å². The number of ether oxygens (including phenoxy) is 1. The maximum absolute atomic E-state index is 5.87. The van der Waals surface area contributed by atoms with E-state index in [0.29, 0.717) is 17.7 Å². The van der Waals surface area contributed by atoms with Gasteiger partial charge in [0.1, 0.15) is 11.6 Å². The van der Waals surface area contributed by atoms with Crippen LogP contribution in [0.15, 0.2) is 42.9 Å². The van der Waals surface area contributed by atoms with E-state index in [0.717, 1.165) is 35.7 Å². The van der Waals surface area contributed by atoms with Crippen LogP contribution in [0.3, 0.4) is 0 Å². The smallest absolute Gasteiger partial charge is 0.219 e. The lowest BCUT2D eigenvalue weighted by Gasteiger charge is -2.26. The van der Waals surface area contributed by atoms with Crippen LogP contribution in [-0.2, 0) is 6.54 Å². The third-order valence-electron chi connectivity index (χ3n) is 7.09. The summed E-state index contributed by atoms with van der Waals surface area (Å²) in [6.45, 7) is 2.13. The number of rotatable bonds is 6. The molecule has 3 aromatic heterocycles. The zero-order valence-corrected chi connectivity index (χ0v) is 17.7. The average Bonchev–Trinajstić information content (AvgIpc) is 3.59. The Bertz CT molecular complexity index is 1050. The Balaban J connectivity index is 1.29. The molecular weight excluding hydrogens is 388 g/mol. The van der Waals surface area contributed by atoms with Crippen molar-refractivity contribution in [1.82, 2.24) is 29.6 Å². The highest BCUT2D eigenvalue weighted by atomic mass is 16.5. The Morgan fingerprint density at radius 1 is 1.03 bits per heavy atom. The molecule has 2 aliphatic carbocycles. The van der Waals surface area contributed by atoms with Gasteiger partial charge in [-0.05, 0) is 56.2 Å². The number of likely N-dealkylation sites (tertiary alicyclic amines) is 1. The minimum atomic E-state index is 0.476. The number of piperidine rings is 1. The third-order valence-corrected chi connectivity index (χ3v) is 7.09. The fraction of sp³-hybridized carbons (Fsp3) is 0.500. The summed E-state index contributed by atoms with van der Waals surface area (Å²) in [5.41, 5.74) is 0.940. The molecule has 2 atom stereocenters. The Kier molecular flexibility index (Phi) is 4.91. The number of hydrogen-bond donors (Lipinski definition) is 0. The molecule has 0 aromatic carbocycles. The van der Waals surface area contributed by atoms with Crippen molar-refractivity contribution in [2.24, 2.45) is 5.92 Å². The van der Waals surface area contributed by atoms with Crippen LogP contribution in [0.5, 0.6) is 11.6 Å². The van der Waals surface area contributed by atoms with E-state index < -0.39 is 0 Å². The van der Waals surface area contributed by atoms with Gasteiger partial charge in [-0.1, -0.05) is 12.8 Å². The first-order valence-corrected chi connectivity index (χ1v) is 11.6. The minimum Gasteiger partial charge on any atom is -0.437 e. The van der Waals surface area contributed by atoms with Crippen molar-refractivity contribution < 1.29 is 4.74 Å². The molecule has 2 bridgehead atoms. The SMILES string of the molecule is c1cncc(Oc2cc(-c3nc(CN4CC5CCC4C5)n(C4CCCC4)n3)ccn2)c1. The highest BCUT2D eigenvalue weighted by Crippen LogP contribution is 2.39. The van der Waals surface area contributed by atoms with E-state index >= 15 is 0 Å². The van der Waals surface area contributed by atoms with Gasteiger partial charge >= 0.3 is 0 Å². The van der Waals surface area contributed by atoms with Crippen molar-refractivity contribution >= 4 is 0 Å². The van der Waals surface area contributed by atoms with Gasteiger partial charge in [0.25, 0.3) is 0 Å². The summed E-state index contributed by atoms with van der Waals surface area (Å²) < 4.78 is 8.11. The van der Waals surface area contributed by atoms with Gasteiger partial charge in [-0.25, -0.2) is 14.6 Å². The second-order valence-electron chi connectivity index (χ2n) is 9.17. The van der Waals surface area contributed by atoms with E-state index in [1.54, 1.807) is 18.6 Å². The molecule has 3 aromatic rings. The van der Waals surface area contributed by atoms with Gasteiger partial charge in [0, 0.05) is 36.6 Å². The van der Waals surface area contributed by atoms with Gasteiger partial charge in [0.15, 0.2) is 5.82 Å². The fourth-order valence-electron chi connectivity index (χ4n) is 5.56. The van der Waals surface area contributed by atoms with Crippen LogP contribution < -0.4 is 4.74 Å². The van der Waals surface area contributed by atoms with Gasteiger partial charge in [-0.15, -0.1) is 0 Å². The summed E-state index contributed by atoms with van der Waals surface area (Å²) in [5, 5.41) is 5.00. The lowest BCUT2D eigenvalue weighted by atomic mass is 10.1. The van der Waals surface area contributed by atoms with Crippen molar-refractivity contribution in [2.75, 3.05) is 6.54 Å². The van der Waals surface area contributed by atoms with Crippen LogP contribution in [0.25, 0.3) is 11.4 Å². The molecule has 0 N–H and O–H groups in total. The molecule has 0 spiro atoms. The van der Waals surface area contributed by atoms with E-state index in [1.165, 1.54) is 51.5 Å². The number of pyridine rings is 2. The monoisotopic (exact) mass is 416 g/mol. The van der Waals surface area contributed by atoms with Crippen LogP contribution >= 0.6 is 0 Å². The number of nitrogens with zero attached hydrogens (tertiary/aromatic N) is 6. The first-order chi connectivity index (χ1) is 15.3. The first kappa shape index (κ1) is 18.9. The highest BCUT2D eigenvalue weighted by Gasteiger charge is 2.38. The van der Waals surface area contributed by atoms with Crippen molar-refractivity contribution in [2.45, 2.75) is 63.6 Å². The summed E-state index contributed by atoms with van der Waals surface area (Å²) in [5.74, 6) is 3.97. The largest absolute Gasteiger partial charge is 0.437 e. The quantitative estimate of drug-likeness (QED) is 0.584. The zero-order chi connectivity index (χ0) is 20.6. The molecule has 0 amide bonds. The van der Waals surface area contributed by atoms with E-state index in [4.69, 9.17) is 14.8 Å². The molecule has 2 unspecified atom stereocenters. The predicted octanol–water partition coefficient (Wildman–Crippen LogP) is 4.63. The molecule has 2 saturated carbocycles. The van der Waals surface area contributed by atoms with Crippen molar-refractivity contribution in [3.05, 3.63) is 48.7 Å². The average molecular weight is 417 g/mol. The standard InChI is InChI=1S/C24H28N6O/c1-2-5-19(4-1)30-22(16-29-15-17-7-8-20(29)12-17)27-24(28-30)18-9-11-26-23(13-18)31-21-6-3-10-25-14-21/h3,6,9-11,13-14,17,19-20H,1-2,4-5,7-8,12,15-16H2. The van der Waals surface area contributed by atoms with Crippen LogP contribution in [0.1, 0.15) is 56.8 Å².